The van der Waals surface area contributed by atoms with Gasteiger partial charge in [-0.2, -0.15) is 0 Å². The maximum atomic E-state index is 11.3. The Kier molecular flexibility index (Phi) is 2.93. The van der Waals surface area contributed by atoms with E-state index in [-0.39, 0.29) is 10.7 Å². The zero-order valence-electron chi connectivity index (χ0n) is 8.81. The number of aromatic carboxylic acids is 1. The summed E-state index contributed by atoms with van der Waals surface area (Å²) in [7, 11) is 0. The van der Waals surface area contributed by atoms with Gasteiger partial charge in [0.25, 0.3) is 0 Å². The summed E-state index contributed by atoms with van der Waals surface area (Å²) in [4.78, 5) is 11.3. The molecule has 0 amide bonds. The van der Waals surface area contributed by atoms with Crippen molar-refractivity contribution in [3.05, 3.63) is 42.0 Å². The highest BCUT2D eigenvalue weighted by atomic mass is 32.1. The lowest BCUT2D eigenvalue weighted by Gasteiger charge is -2.10. The first-order chi connectivity index (χ1) is 8.09. The Balaban J connectivity index is 2.72. The number of hydrogen-bond acceptors (Lipinski definition) is 2. The predicted molar refractivity (Wildman–Crippen MR) is 71.3 cm³/mol. The van der Waals surface area contributed by atoms with Gasteiger partial charge in [-0.1, -0.05) is 30.3 Å². The highest BCUT2D eigenvalue weighted by molar-refractivity contribution is 7.80. The second-order valence-corrected chi connectivity index (χ2v) is 3.94. The first-order valence-corrected chi connectivity index (χ1v) is 5.32. The number of carboxylic acids is 1. The van der Waals surface area contributed by atoms with E-state index in [1.54, 1.807) is 18.2 Å². The highest BCUT2D eigenvalue weighted by Crippen LogP contribution is 2.26. The van der Waals surface area contributed by atoms with E-state index in [4.69, 9.17) is 18.0 Å². The van der Waals surface area contributed by atoms with E-state index in [0.717, 1.165) is 5.39 Å². The van der Waals surface area contributed by atoms with E-state index in [2.05, 4.69) is 5.32 Å². The van der Waals surface area contributed by atoms with E-state index >= 15 is 0 Å². The van der Waals surface area contributed by atoms with Crippen LogP contribution < -0.4 is 11.1 Å². The van der Waals surface area contributed by atoms with Crippen LogP contribution in [0.2, 0.25) is 0 Å². The van der Waals surface area contributed by atoms with Crippen molar-refractivity contribution >= 4 is 39.8 Å². The Morgan fingerprint density at radius 3 is 2.59 bits per heavy atom. The molecule has 86 valence electrons. The fourth-order valence-electron chi connectivity index (χ4n) is 1.74. The molecule has 0 unspecified atom stereocenters. The van der Waals surface area contributed by atoms with Gasteiger partial charge in [-0.15, -0.1) is 0 Å². The van der Waals surface area contributed by atoms with Gasteiger partial charge in [0.2, 0.25) is 0 Å². The minimum Gasteiger partial charge on any atom is -0.478 e. The van der Waals surface area contributed by atoms with Crippen molar-refractivity contribution in [3.63, 3.8) is 0 Å². The second kappa shape index (κ2) is 4.39. The number of nitrogens with one attached hydrogen (secondary N) is 1. The average Bonchev–Trinajstić information content (AvgIpc) is 2.27. The van der Waals surface area contributed by atoms with E-state index in [1.165, 1.54) is 0 Å². The molecule has 2 aromatic rings. The zero-order chi connectivity index (χ0) is 12.4. The molecule has 0 heterocycles. The van der Waals surface area contributed by atoms with Crippen LogP contribution in [0.4, 0.5) is 5.69 Å². The van der Waals surface area contributed by atoms with Crippen LogP contribution in [0.1, 0.15) is 10.4 Å². The van der Waals surface area contributed by atoms with E-state index in [9.17, 15) is 9.90 Å². The number of benzene rings is 2. The molecule has 0 spiro atoms. The van der Waals surface area contributed by atoms with Crippen LogP contribution in [0, 0.1) is 0 Å². The molecule has 17 heavy (non-hydrogen) atoms. The van der Waals surface area contributed by atoms with Gasteiger partial charge >= 0.3 is 5.97 Å². The lowest BCUT2D eigenvalue weighted by atomic mass is 10.0. The van der Waals surface area contributed by atoms with Gasteiger partial charge in [0.05, 0.1) is 11.3 Å². The van der Waals surface area contributed by atoms with Gasteiger partial charge in [0.15, 0.2) is 5.11 Å². The van der Waals surface area contributed by atoms with Crippen LogP contribution in [0.15, 0.2) is 36.4 Å². The second-order valence-electron chi connectivity index (χ2n) is 3.50. The van der Waals surface area contributed by atoms with Gasteiger partial charge in [0.1, 0.15) is 0 Å². The van der Waals surface area contributed by atoms with Crippen molar-refractivity contribution in [1.82, 2.24) is 0 Å². The SMILES string of the molecule is NC(=S)Nc1ccc2ccccc2c1C(=O)O. The molecule has 4 nitrogen and oxygen atoms in total. The largest absolute Gasteiger partial charge is 0.478 e. The molecular weight excluding hydrogens is 236 g/mol. The van der Waals surface area contributed by atoms with Crippen molar-refractivity contribution in [2.24, 2.45) is 5.73 Å². The zero-order valence-corrected chi connectivity index (χ0v) is 9.62. The normalized spacial score (nSPS) is 10.1. The number of nitrogens with two attached hydrogens (primary N) is 1. The van der Waals surface area contributed by atoms with E-state index < -0.39 is 5.97 Å². The summed E-state index contributed by atoms with van der Waals surface area (Å²) in [6, 6.07) is 10.7. The molecule has 2 aromatic carbocycles. The summed E-state index contributed by atoms with van der Waals surface area (Å²) >= 11 is 4.72. The summed E-state index contributed by atoms with van der Waals surface area (Å²) in [5, 5.41) is 13.5. The standard InChI is InChI=1S/C12H10N2O2S/c13-12(17)14-9-6-5-7-3-1-2-4-8(7)10(9)11(15)16/h1-6H,(H,15,16)(H3,13,14,17). The third kappa shape index (κ3) is 2.19. The molecule has 0 fully saturated rings. The Hall–Kier alpha value is -2.14. The lowest BCUT2D eigenvalue weighted by molar-refractivity contribution is 0.0700. The van der Waals surface area contributed by atoms with Crippen LogP contribution in [0.5, 0.6) is 0 Å². The molecule has 2 rings (SSSR count). The summed E-state index contributed by atoms with van der Waals surface area (Å²) in [6.45, 7) is 0. The lowest BCUT2D eigenvalue weighted by Crippen LogP contribution is -2.20. The third-order valence-electron chi connectivity index (χ3n) is 2.40. The van der Waals surface area contributed by atoms with Gasteiger partial charge in [-0.05, 0) is 29.1 Å². The molecule has 0 aliphatic rings. The molecule has 0 saturated carbocycles. The van der Waals surface area contributed by atoms with E-state index in [1.807, 2.05) is 18.2 Å². The number of carbonyl (C=O) groups is 1. The van der Waals surface area contributed by atoms with Gasteiger partial charge in [0, 0.05) is 0 Å². The fraction of sp³-hybridized carbons (Fsp3) is 0. The quantitative estimate of drug-likeness (QED) is 0.708. The summed E-state index contributed by atoms with van der Waals surface area (Å²) in [5.41, 5.74) is 5.95. The molecule has 0 aliphatic carbocycles. The van der Waals surface area contributed by atoms with Crippen molar-refractivity contribution in [1.29, 1.82) is 0 Å². The molecule has 0 bridgehead atoms. The molecule has 0 atom stereocenters. The smallest absolute Gasteiger partial charge is 0.338 e. The number of fused-ring (bicyclic) bond motifs is 1. The fourth-order valence-corrected chi connectivity index (χ4v) is 1.85. The molecule has 0 aliphatic heterocycles. The molecular formula is C12H10N2O2S. The van der Waals surface area contributed by atoms with Crippen molar-refractivity contribution in [2.45, 2.75) is 0 Å². The first kappa shape index (κ1) is 11.3. The highest BCUT2D eigenvalue weighted by Gasteiger charge is 2.14. The average molecular weight is 246 g/mol. The predicted octanol–water partition coefficient (Wildman–Crippen LogP) is 2.19. The Morgan fingerprint density at radius 1 is 1.24 bits per heavy atom. The van der Waals surface area contributed by atoms with Crippen LogP contribution >= 0.6 is 12.2 Å². The first-order valence-electron chi connectivity index (χ1n) is 4.91. The van der Waals surface area contributed by atoms with Gasteiger partial charge < -0.3 is 16.2 Å². The minimum atomic E-state index is -1.01. The number of hydrogen-bond donors (Lipinski definition) is 3. The third-order valence-corrected chi connectivity index (χ3v) is 2.50. The summed E-state index contributed by atoms with van der Waals surface area (Å²) in [5.74, 6) is -1.01. The molecule has 0 saturated heterocycles. The Morgan fingerprint density at radius 2 is 1.94 bits per heavy atom. The van der Waals surface area contributed by atoms with Crippen LogP contribution in [-0.4, -0.2) is 16.2 Å². The molecule has 0 aromatic heterocycles. The monoisotopic (exact) mass is 246 g/mol. The number of rotatable bonds is 2. The maximum absolute atomic E-state index is 11.3. The number of thiocarbonyl (C=S) groups is 1. The number of anilines is 1. The molecule has 5 heteroatoms. The molecule has 0 radical (unpaired) electrons. The summed E-state index contributed by atoms with van der Waals surface area (Å²) in [6.07, 6.45) is 0. The van der Waals surface area contributed by atoms with Gasteiger partial charge in [-0.3, -0.25) is 0 Å². The Labute approximate surface area is 103 Å². The minimum absolute atomic E-state index is 0.0442. The summed E-state index contributed by atoms with van der Waals surface area (Å²) < 4.78 is 0. The van der Waals surface area contributed by atoms with Crippen LogP contribution in [-0.2, 0) is 0 Å². The van der Waals surface area contributed by atoms with Crippen LogP contribution in [0.25, 0.3) is 10.8 Å². The van der Waals surface area contributed by atoms with E-state index in [0.29, 0.717) is 11.1 Å². The van der Waals surface area contributed by atoms with Crippen molar-refractivity contribution < 1.29 is 9.90 Å². The van der Waals surface area contributed by atoms with Crippen molar-refractivity contribution in [2.75, 3.05) is 5.32 Å². The molecule has 4 N–H and O–H groups in total. The Bertz CT molecular complexity index is 610. The maximum Gasteiger partial charge on any atom is 0.338 e. The van der Waals surface area contributed by atoms with Crippen molar-refractivity contribution in [3.8, 4) is 0 Å². The van der Waals surface area contributed by atoms with Crippen LogP contribution in [0.3, 0.4) is 0 Å². The van der Waals surface area contributed by atoms with Gasteiger partial charge in [-0.25, -0.2) is 4.79 Å². The topological polar surface area (TPSA) is 75.3 Å². The number of carboxylic acid groups (broad SMARTS) is 1.